The molecule has 2 heteroatoms. The van der Waals surface area contributed by atoms with Crippen molar-refractivity contribution in [2.24, 2.45) is 0 Å². The van der Waals surface area contributed by atoms with Gasteiger partial charge in [-0.1, -0.05) is 0 Å². The average molecular weight is 290 g/mol. The monoisotopic (exact) mass is 290 g/mol. The van der Waals surface area contributed by atoms with Crippen LogP contribution in [0.3, 0.4) is 0 Å². The van der Waals surface area contributed by atoms with Gasteiger partial charge in [-0.2, -0.15) is 0 Å². The first-order valence-electron chi connectivity index (χ1n) is 2.81. The number of halogens is 1. The summed E-state index contributed by atoms with van der Waals surface area (Å²) < 4.78 is 1.30. The van der Waals surface area contributed by atoms with Crippen molar-refractivity contribution >= 4 is 31.6 Å². The van der Waals surface area contributed by atoms with E-state index in [0.29, 0.717) is 0 Å². The second-order valence-electron chi connectivity index (χ2n) is 1.80. The van der Waals surface area contributed by atoms with E-state index in [9.17, 15) is 0 Å². The average Bonchev–Trinajstić information content (AvgIpc) is 1.91. The van der Waals surface area contributed by atoms with Crippen molar-refractivity contribution in [3.63, 3.8) is 0 Å². The molecule has 0 bridgehead atoms. The molecule has 0 fully saturated rings. The molecule has 0 amide bonds. The first kappa shape index (κ1) is 7.60. The van der Waals surface area contributed by atoms with E-state index in [1.54, 1.807) is 0 Å². The van der Waals surface area contributed by atoms with Crippen LogP contribution in [0.15, 0.2) is 30.3 Å². The summed E-state index contributed by atoms with van der Waals surface area (Å²) in [4.78, 5) is 0. The van der Waals surface area contributed by atoms with Crippen molar-refractivity contribution in [3.05, 3.63) is 35.9 Å². The van der Waals surface area contributed by atoms with Crippen molar-refractivity contribution in [1.82, 2.24) is 0 Å². The number of rotatable bonds is 2. The van der Waals surface area contributed by atoms with E-state index >= 15 is 0 Å². The fourth-order valence-corrected chi connectivity index (χ4v) is 3.96. The number of hydrogen-bond acceptors (Lipinski definition) is 0. The van der Waals surface area contributed by atoms with Crippen LogP contribution >= 0.6 is 12.7 Å². The van der Waals surface area contributed by atoms with Crippen molar-refractivity contribution in [3.8, 4) is 0 Å². The zero-order chi connectivity index (χ0) is 6.53. The van der Waals surface area contributed by atoms with Gasteiger partial charge >= 0.3 is 72.0 Å². The Balaban J connectivity index is 2.61. The van der Waals surface area contributed by atoms with Gasteiger partial charge in [0.05, 0.1) is 0 Å². The summed E-state index contributed by atoms with van der Waals surface area (Å²) in [6.07, 6.45) is 0. The van der Waals surface area contributed by atoms with Crippen LogP contribution in [-0.2, 0) is 4.44 Å². The van der Waals surface area contributed by atoms with Gasteiger partial charge in [0.25, 0.3) is 0 Å². The third-order valence-electron chi connectivity index (χ3n) is 1.11. The molecule has 0 saturated carbocycles. The minimum absolute atomic E-state index is 0.201. The second kappa shape index (κ2) is 4.34. The first-order chi connectivity index (χ1) is 4.43. The summed E-state index contributed by atoms with van der Waals surface area (Å²) in [5, 5.41) is 0. The molecule has 0 aliphatic carbocycles. The van der Waals surface area contributed by atoms with E-state index in [-0.39, 0.29) is 18.9 Å². The van der Waals surface area contributed by atoms with Crippen molar-refractivity contribution in [2.45, 2.75) is 4.44 Å². The molecule has 0 nitrogen and oxygen atoms in total. The molecule has 0 aromatic heterocycles. The molecule has 0 N–H and O–H groups in total. The van der Waals surface area contributed by atoms with Crippen LogP contribution in [0.5, 0.6) is 0 Å². The second-order valence-corrected chi connectivity index (χ2v) is 7.33. The molecule has 0 radical (unpaired) electrons. The Morgan fingerprint density at radius 2 is 1.89 bits per heavy atom. The zero-order valence-corrected chi connectivity index (χ0v) is 9.41. The molecular formula is C7H7BrSn+2. The van der Waals surface area contributed by atoms with Crippen LogP contribution in [0.2, 0.25) is 0 Å². The molecule has 0 aliphatic rings. The van der Waals surface area contributed by atoms with E-state index in [2.05, 4.69) is 43.0 Å². The molecular weight excluding hydrogens is 283 g/mol. The topological polar surface area (TPSA) is 0 Å². The first-order valence-corrected chi connectivity index (χ1v) is 11.2. The molecule has 0 unspecified atom stereocenters. The Hall–Kier alpha value is 0.499. The summed E-state index contributed by atoms with van der Waals surface area (Å²) >= 11 is 3.35. The molecule has 0 spiro atoms. The zero-order valence-electron chi connectivity index (χ0n) is 4.97. The van der Waals surface area contributed by atoms with Gasteiger partial charge < -0.3 is 0 Å². The molecule has 0 atom stereocenters. The van der Waals surface area contributed by atoms with Crippen LogP contribution < -0.4 is 0 Å². The molecule has 1 rings (SSSR count). The maximum atomic E-state index is 3.56. The van der Waals surface area contributed by atoms with E-state index in [4.69, 9.17) is 0 Å². The van der Waals surface area contributed by atoms with Crippen LogP contribution in [0.4, 0.5) is 0 Å². The third kappa shape index (κ3) is 2.71. The summed E-state index contributed by atoms with van der Waals surface area (Å²) in [6.45, 7) is 0. The molecule has 1 aromatic rings. The summed E-state index contributed by atoms with van der Waals surface area (Å²) in [5.74, 6) is 0. The van der Waals surface area contributed by atoms with E-state index < -0.39 is 0 Å². The minimum atomic E-state index is -0.201. The number of benzene rings is 1. The van der Waals surface area contributed by atoms with Crippen LogP contribution in [0.25, 0.3) is 0 Å². The van der Waals surface area contributed by atoms with E-state index in [1.165, 1.54) is 10.0 Å². The van der Waals surface area contributed by atoms with Crippen molar-refractivity contribution < 1.29 is 0 Å². The van der Waals surface area contributed by atoms with Crippen LogP contribution in [0, 0.1) is 0 Å². The molecule has 44 valence electrons. The van der Waals surface area contributed by atoms with Gasteiger partial charge in [-0.3, -0.25) is 0 Å². The molecule has 0 heterocycles. The quantitative estimate of drug-likeness (QED) is 0.732. The van der Waals surface area contributed by atoms with Gasteiger partial charge in [0, 0.05) is 0 Å². The standard InChI is InChI=1S/C7H7.BrH.Sn/c1-7-5-3-2-4-6-7;;/h2-6H,1H2;1H;/q;;+3/p-1. The van der Waals surface area contributed by atoms with Gasteiger partial charge in [0.1, 0.15) is 0 Å². The predicted octanol–water partition coefficient (Wildman–Crippen LogP) is 2.20. The maximum absolute atomic E-state index is 3.56. The Bertz CT molecular complexity index is 162. The van der Waals surface area contributed by atoms with Gasteiger partial charge in [-0.25, -0.2) is 0 Å². The van der Waals surface area contributed by atoms with Gasteiger partial charge in [-0.15, -0.1) is 0 Å². The molecule has 0 aliphatic heterocycles. The van der Waals surface area contributed by atoms with Gasteiger partial charge in [0.2, 0.25) is 0 Å². The number of hydrogen-bond donors (Lipinski definition) is 0. The SMILES string of the molecule is [Br][Sn+2][CH2]c1ccccc1. The van der Waals surface area contributed by atoms with Gasteiger partial charge in [0.15, 0.2) is 0 Å². The fourth-order valence-electron chi connectivity index (χ4n) is 0.673. The molecule has 1 aromatic carbocycles. The third-order valence-corrected chi connectivity index (χ3v) is 4.54. The predicted molar refractivity (Wildman–Crippen MR) is 44.8 cm³/mol. The van der Waals surface area contributed by atoms with Gasteiger partial charge in [-0.05, 0) is 0 Å². The Morgan fingerprint density at radius 1 is 1.22 bits per heavy atom. The normalized spacial score (nSPS) is 8.56. The van der Waals surface area contributed by atoms with Crippen LogP contribution in [-0.4, -0.2) is 18.9 Å². The Labute approximate surface area is 71.6 Å². The summed E-state index contributed by atoms with van der Waals surface area (Å²) in [6, 6.07) is 10.6. The Kier molecular flexibility index (Phi) is 3.66. The van der Waals surface area contributed by atoms with Crippen LogP contribution in [0.1, 0.15) is 5.56 Å². The van der Waals surface area contributed by atoms with E-state index in [1.807, 2.05) is 0 Å². The molecule has 9 heavy (non-hydrogen) atoms. The van der Waals surface area contributed by atoms with E-state index in [0.717, 1.165) is 0 Å². The summed E-state index contributed by atoms with van der Waals surface area (Å²) in [7, 11) is 0. The van der Waals surface area contributed by atoms with Crippen molar-refractivity contribution in [2.75, 3.05) is 0 Å². The molecule has 0 saturated heterocycles. The fraction of sp³-hybridized carbons (Fsp3) is 0.143. The summed E-state index contributed by atoms with van der Waals surface area (Å²) in [5.41, 5.74) is 1.47. The van der Waals surface area contributed by atoms with Crippen molar-refractivity contribution in [1.29, 1.82) is 0 Å². The Morgan fingerprint density at radius 3 is 2.44 bits per heavy atom.